The molecule has 0 aliphatic carbocycles. The number of benzene rings is 2. The Morgan fingerprint density at radius 3 is 2.52 bits per heavy atom. The second-order valence-corrected chi connectivity index (χ2v) is 8.87. The highest BCUT2D eigenvalue weighted by atomic mass is 32.2. The lowest BCUT2D eigenvalue weighted by Crippen LogP contribution is -2.42. The molecule has 0 radical (unpaired) electrons. The number of aryl methyl sites for hydroxylation is 1. The summed E-state index contributed by atoms with van der Waals surface area (Å²) in [5, 5.41) is 9.63. The molecule has 7 heteroatoms. The molecule has 1 saturated heterocycles. The average Bonchev–Trinajstić information content (AvgIpc) is 3.22. The maximum absolute atomic E-state index is 12.9. The fourth-order valence-electron chi connectivity index (χ4n) is 3.89. The topological polar surface area (TPSA) is 60.3 Å². The minimum absolute atomic E-state index is 0.168. The maximum Gasteiger partial charge on any atom is 0.233 e. The average molecular weight is 437 g/mol. The van der Waals surface area contributed by atoms with Crippen LogP contribution in [0.25, 0.3) is 17.1 Å². The van der Waals surface area contributed by atoms with Crippen molar-refractivity contribution in [3.05, 3.63) is 54.1 Å². The number of carbonyl (C=O) groups is 1. The highest BCUT2D eigenvalue weighted by Gasteiger charge is 2.24. The van der Waals surface area contributed by atoms with Gasteiger partial charge in [0.2, 0.25) is 5.91 Å². The van der Waals surface area contributed by atoms with Crippen LogP contribution in [0.15, 0.2) is 53.7 Å². The van der Waals surface area contributed by atoms with Crippen LogP contribution in [-0.4, -0.2) is 51.0 Å². The summed E-state index contributed by atoms with van der Waals surface area (Å²) in [6.07, 6.45) is 3.37. The molecule has 31 heavy (non-hydrogen) atoms. The Hall–Kier alpha value is -2.80. The maximum atomic E-state index is 12.9. The molecule has 1 atom stereocenters. The quantitative estimate of drug-likeness (QED) is 0.522. The predicted octanol–water partition coefficient (Wildman–Crippen LogP) is 4.74. The van der Waals surface area contributed by atoms with Crippen LogP contribution in [0.5, 0.6) is 5.75 Å². The van der Waals surface area contributed by atoms with E-state index >= 15 is 0 Å². The minimum Gasteiger partial charge on any atom is -0.497 e. The monoisotopic (exact) mass is 436 g/mol. The second-order valence-electron chi connectivity index (χ2n) is 7.93. The van der Waals surface area contributed by atoms with E-state index in [2.05, 4.69) is 48.3 Å². The Bertz CT molecular complexity index is 1030. The summed E-state index contributed by atoms with van der Waals surface area (Å²) < 4.78 is 7.31. The van der Waals surface area contributed by atoms with Gasteiger partial charge in [-0.1, -0.05) is 29.5 Å². The number of nitrogens with zero attached hydrogens (tertiary/aromatic N) is 4. The first-order valence-corrected chi connectivity index (χ1v) is 11.6. The van der Waals surface area contributed by atoms with Gasteiger partial charge in [0.1, 0.15) is 5.75 Å². The Labute approximate surface area is 187 Å². The lowest BCUT2D eigenvalue weighted by atomic mass is 10.0. The number of thioether (sulfide) groups is 1. The van der Waals surface area contributed by atoms with E-state index in [9.17, 15) is 4.79 Å². The van der Waals surface area contributed by atoms with E-state index in [1.807, 2.05) is 33.7 Å². The van der Waals surface area contributed by atoms with Crippen molar-refractivity contribution in [2.24, 2.45) is 0 Å². The summed E-state index contributed by atoms with van der Waals surface area (Å²) >= 11 is 1.45. The van der Waals surface area contributed by atoms with Gasteiger partial charge in [0.05, 0.1) is 12.9 Å². The van der Waals surface area contributed by atoms with E-state index in [4.69, 9.17) is 4.74 Å². The van der Waals surface area contributed by atoms with Gasteiger partial charge in [-0.2, -0.15) is 0 Å². The van der Waals surface area contributed by atoms with Crippen LogP contribution in [0.1, 0.15) is 31.7 Å². The lowest BCUT2D eigenvalue weighted by molar-refractivity contribution is -0.131. The molecule has 4 rings (SSSR count). The fraction of sp³-hybridized carbons (Fsp3) is 0.375. The van der Waals surface area contributed by atoms with E-state index in [0.29, 0.717) is 17.0 Å². The Kier molecular flexibility index (Phi) is 6.61. The molecule has 1 aliphatic heterocycles. The van der Waals surface area contributed by atoms with Crippen LogP contribution in [0.3, 0.4) is 0 Å². The van der Waals surface area contributed by atoms with E-state index in [1.54, 1.807) is 7.11 Å². The fourth-order valence-corrected chi connectivity index (χ4v) is 4.73. The smallest absolute Gasteiger partial charge is 0.233 e. The molecule has 0 bridgehead atoms. The third-order valence-electron chi connectivity index (χ3n) is 5.72. The predicted molar refractivity (Wildman–Crippen MR) is 124 cm³/mol. The van der Waals surface area contributed by atoms with Crippen LogP contribution in [0.4, 0.5) is 0 Å². The van der Waals surface area contributed by atoms with Gasteiger partial charge in [-0.05, 0) is 69.5 Å². The van der Waals surface area contributed by atoms with Gasteiger partial charge in [-0.15, -0.1) is 10.2 Å². The van der Waals surface area contributed by atoms with Crippen molar-refractivity contribution in [3.63, 3.8) is 0 Å². The van der Waals surface area contributed by atoms with Crippen molar-refractivity contribution >= 4 is 17.7 Å². The molecule has 0 N–H and O–H groups in total. The molecule has 3 aromatic rings. The number of carbonyl (C=O) groups excluding carboxylic acids is 1. The zero-order valence-corrected chi connectivity index (χ0v) is 19.1. The largest absolute Gasteiger partial charge is 0.497 e. The number of ether oxygens (including phenoxy) is 1. The molecule has 162 valence electrons. The number of hydrogen-bond donors (Lipinski definition) is 0. The van der Waals surface area contributed by atoms with E-state index < -0.39 is 0 Å². The summed E-state index contributed by atoms with van der Waals surface area (Å²) in [6.45, 7) is 5.05. The summed E-state index contributed by atoms with van der Waals surface area (Å²) in [4.78, 5) is 14.9. The zero-order valence-electron chi connectivity index (χ0n) is 18.2. The third-order valence-corrected chi connectivity index (χ3v) is 6.64. The number of amides is 1. The van der Waals surface area contributed by atoms with Crippen molar-refractivity contribution < 1.29 is 9.53 Å². The molecule has 1 aromatic heterocycles. The molecular formula is C24H28N4O2S. The molecular weight excluding hydrogens is 408 g/mol. The van der Waals surface area contributed by atoms with Crippen LogP contribution >= 0.6 is 11.8 Å². The van der Waals surface area contributed by atoms with Gasteiger partial charge in [0, 0.05) is 23.8 Å². The first-order chi connectivity index (χ1) is 15.1. The number of rotatable bonds is 6. The summed E-state index contributed by atoms with van der Waals surface area (Å²) in [5.74, 6) is 2.06. The number of hydrogen-bond acceptors (Lipinski definition) is 5. The summed E-state index contributed by atoms with van der Waals surface area (Å²) in [6, 6.07) is 16.4. The van der Waals surface area contributed by atoms with Crippen LogP contribution < -0.4 is 4.74 Å². The molecule has 1 fully saturated rings. The second kappa shape index (κ2) is 9.56. The van der Waals surface area contributed by atoms with Crippen molar-refractivity contribution in [1.29, 1.82) is 0 Å². The molecule has 0 spiro atoms. The molecule has 6 nitrogen and oxygen atoms in total. The molecule has 1 aliphatic rings. The van der Waals surface area contributed by atoms with Crippen molar-refractivity contribution in [1.82, 2.24) is 19.7 Å². The van der Waals surface area contributed by atoms with Gasteiger partial charge in [-0.3, -0.25) is 9.36 Å². The Morgan fingerprint density at radius 1 is 1.10 bits per heavy atom. The molecule has 1 unspecified atom stereocenters. The van der Waals surface area contributed by atoms with Crippen molar-refractivity contribution in [2.45, 2.75) is 44.3 Å². The number of aromatic nitrogens is 3. The van der Waals surface area contributed by atoms with Gasteiger partial charge in [-0.25, -0.2) is 0 Å². The van der Waals surface area contributed by atoms with Crippen LogP contribution in [-0.2, 0) is 4.79 Å². The molecule has 0 saturated carbocycles. The highest BCUT2D eigenvalue weighted by Crippen LogP contribution is 2.30. The van der Waals surface area contributed by atoms with E-state index in [-0.39, 0.29) is 5.91 Å². The number of likely N-dealkylation sites (tertiary alicyclic amines) is 1. The molecule has 2 heterocycles. The van der Waals surface area contributed by atoms with Crippen molar-refractivity contribution in [2.75, 3.05) is 19.4 Å². The summed E-state index contributed by atoms with van der Waals surface area (Å²) in [7, 11) is 1.65. The van der Waals surface area contributed by atoms with Crippen molar-refractivity contribution in [3.8, 4) is 22.8 Å². The van der Waals surface area contributed by atoms with Gasteiger partial charge >= 0.3 is 0 Å². The number of piperidine rings is 1. The summed E-state index contributed by atoms with van der Waals surface area (Å²) in [5.41, 5.74) is 3.10. The van der Waals surface area contributed by atoms with Gasteiger partial charge in [0.15, 0.2) is 11.0 Å². The first kappa shape index (κ1) is 21.4. The van der Waals surface area contributed by atoms with E-state index in [1.165, 1.54) is 23.7 Å². The van der Waals surface area contributed by atoms with E-state index in [0.717, 1.165) is 42.2 Å². The third kappa shape index (κ3) is 4.77. The highest BCUT2D eigenvalue weighted by molar-refractivity contribution is 7.99. The van der Waals surface area contributed by atoms with Crippen LogP contribution in [0.2, 0.25) is 0 Å². The van der Waals surface area contributed by atoms with Crippen LogP contribution in [0, 0.1) is 6.92 Å². The number of methoxy groups -OCH3 is 1. The Balaban J connectivity index is 1.63. The zero-order chi connectivity index (χ0) is 21.8. The SMILES string of the molecule is COc1ccc(-c2nnc(SCC(=O)N3CCCCC3C)n2-c2ccc(C)cc2)cc1. The minimum atomic E-state index is 0.168. The first-order valence-electron chi connectivity index (χ1n) is 10.7. The molecule has 2 aromatic carbocycles. The molecule has 1 amide bonds. The van der Waals surface area contributed by atoms with Gasteiger partial charge in [0.25, 0.3) is 0 Å². The normalized spacial score (nSPS) is 16.4. The van der Waals surface area contributed by atoms with Gasteiger partial charge < -0.3 is 9.64 Å². The lowest BCUT2D eigenvalue weighted by Gasteiger charge is -2.33. The Morgan fingerprint density at radius 2 is 1.84 bits per heavy atom. The standard InChI is InChI=1S/C24H28N4O2S/c1-17-7-11-20(12-8-17)28-23(19-9-13-21(30-3)14-10-19)25-26-24(28)31-16-22(29)27-15-5-4-6-18(27)2/h7-14,18H,4-6,15-16H2,1-3H3.